The maximum Gasteiger partial charge on any atom is 0.134 e. The molecule has 0 spiro atoms. The number of hydrogen-bond acceptors (Lipinski definition) is 4. The minimum Gasteiger partial charge on any atom is -0.395 e. The van der Waals surface area contributed by atoms with Gasteiger partial charge in [-0.15, -0.1) is 0 Å². The van der Waals surface area contributed by atoms with Crippen molar-refractivity contribution in [3.05, 3.63) is 0 Å². The summed E-state index contributed by atoms with van der Waals surface area (Å²) in [6.07, 6.45) is 0. The van der Waals surface area contributed by atoms with Gasteiger partial charge in [-0.05, 0) is 13.8 Å². The zero-order valence-corrected chi connectivity index (χ0v) is 6.37. The Labute approximate surface area is 60.7 Å². The molecule has 0 rings (SSSR count). The maximum atomic E-state index is 8.45. The van der Waals surface area contributed by atoms with Crippen LogP contribution in [-0.2, 0) is 4.84 Å². The minimum absolute atomic E-state index is 0.0711. The molecule has 4 heteroatoms. The molecule has 0 radical (unpaired) electrons. The van der Waals surface area contributed by atoms with Gasteiger partial charge in [0, 0.05) is 0 Å². The van der Waals surface area contributed by atoms with Gasteiger partial charge in [0.25, 0.3) is 0 Å². The summed E-state index contributed by atoms with van der Waals surface area (Å²) in [6, 6.07) is -0.330. The first-order chi connectivity index (χ1) is 4.66. The van der Waals surface area contributed by atoms with Gasteiger partial charge in [0.15, 0.2) is 0 Å². The zero-order valence-electron chi connectivity index (χ0n) is 6.37. The van der Waals surface area contributed by atoms with Gasteiger partial charge in [0.05, 0.1) is 18.4 Å². The Morgan fingerprint density at radius 3 is 2.70 bits per heavy atom. The monoisotopic (exact) mass is 146 g/mol. The molecule has 0 aromatic heterocycles. The lowest BCUT2D eigenvalue weighted by Crippen LogP contribution is -2.29. The largest absolute Gasteiger partial charge is 0.395 e. The fourth-order valence-electron chi connectivity index (χ4n) is 0.315. The third-order valence-electron chi connectivity index (χ3n) is 0.770. The van der Waals surface area contributed by atoms with E-state index in [1.165, 1.54) is 0 Å². The van der Waals surface area contributed by atoms with Crippen LogP contribution < -0.4 is 5.73 Å². The van der Waals surface area contributed by atoms with Gasteiger partial charge >= 0.3 is 0 Å². The smallest absolute Gasteiger partial charge is 0.134 e. The van der Waals surface area contributed by atoms with Crippen LogP contribution in [0.5, 0.6) is 0 Å². The average molecular weight is 146 g/mol. The van der Waals surface area contributed by atoms with Gasteiger partial charge in [-0.3, -0.25) is 0 Å². The Bertz CT molecular complexity index is 110. The maximum absolute atomic E-state index is 8.45. The van der Waals surface area contributed by atoms with Crippen LogP contribution in [0, 0.1) is 0 Å². The molecule has 4 nitrogen and oxygen atoms in total. The molecular weight excluding hydrogens is 132 g/mol. The summed E-state index contributed by atoms with van der Waals surface area (Å²) in [5.74, 6) is 0. The van der Waals surface area contributed by atoms with Crippen LogP contribution in [0.1, 0.15) is 13.8 Å². The predicted molar refractivity (Wildman–Crippen MR) is 39.8 cm³/mol. The molecule has 0 aliphatic rings. The molecule has 0 fully saturated rings. The van der Waals surface area contributed by atoms with E-state index in [1.807, 2.05) is 13.8 Å². The van der Waals surface area contributed by atoms with Crippen molar-refractivity contribution in [1.29, 1.82) is 0 Å². The second-order valence-corrected chi connectivity index (χ2v) is 2.28. The molecule has 0 aliphatic heterocycles. The van der Waals surface area contributed by atoms with Gasteiger partial charge in [-0.25, -0.2) is 0 Å². The van der Waals surface area contributed by atoms with E-state index in [1.54, 1.807) is 0 Å². The molecule has 0 unspecified atom stereocenters. The summed E-state index contributed by atoms with van der Waals surface area (Å²) in [6.45, 7) is 3.84. The molecular formula is C6H14N2O2. The number of nitrogens with zero attached hydrogens (tertiary/aromatic N) is 1. The number of aliphatic hydroxyl groups is 1. The first kappa shape index (κ1) is 9.39. The van der Waals surface area contributed by atoms with E-state index in [0.29, 0.717) is 0 Å². The quantitative estimate of drug-likeness (QED) is 0.423. The summed E-state index contributed by atoms with van der Waals surface area (Å²) < 4.78 is 0. The predicted octanol–water partition coefficient (Wildman–Crippen LogP) is -0.282. The van der Waals surface area contributed by atoms with Crippen molar-refractivity contribution in [2.75, 3.05) is 13.2 Å². The van der Waals surface area contributed by atoms with Crippen molar-refractivity contribution in [2.45, 2.75) is 19.9 Å². The fourth-order valence-corrected chi connectivity index (χ4v) is 0.315. The van der Waals surface area contributed by atoms with Crippen molar-refractivity contribution in [3.63, 3.8) is 0 Å². The lowest BCUT2D eigenvalue weighted by atomic mass is 10.4. The summed E-state index contributed by atoms with van der Waals surface area (Å²) in [5.41, 5.74) is 6.15. The number of nitrogens with two attached hydrogens (primary N) is 1. The van der Waals surface area contributed by atoms with Crippen molar-refractivity contribution in [3.8, 4) is 0 Å². The Morgan fingerprint density at radius 1 is 1.70 bits per heavy atom. The van der Waals surface area contributed by atoms with Crippen LogP contribution in [0.15, 0.2) is 5.16 Å². The van der Waals surface area contributed by atoms with Crippen LogP contribution in [-0.4, -0.2) is 30.1 Å². The molecule has 60 valence electrons. The number of aliphatic hydroxyl groups excluding tert-OH is 1. The molecule has 3 N–H and O–H groups in total. The fraction of sp³-hybridized carbons (Fsp3) is 0.833. The second-order valence-electron chi connectivity index (χ2n) is 2.28. The third kappa shape index (κ3) is 5.53. The Morgan fingerprint density at radius 2 is 2.30 bits per heavy atom. The van der Waals surface area contributed by atoms with Crippen LogP contribution >= 0.6 is 0 Å². The Kier molecular flexibility index (Phi) is 4.88. The molecule has 0 aliphatic carbocycles. The van der Waals surface area contributed by atoms with Gasteiger partial charge in [0.2, 0.25) is 0 Å². The highest BCUT2D eigenvalue weighted by Crippen LogP contribution is 1.82. The lowest BCUT2D eigenvalue weighted by Gasteiger charge is -2.04. The minimum atomic E-state index is -0.330. The summed E-state index contributed by atoms with van der Waals surface area (Å²) in [7, 11) is 0. The van der Waals surface area contributed by atoms with Crippen molar-refractivity contribution >= 4 is 5.71 Å². The molecule has 0 amide bonds. The SMILES string of the molecule is CC(C)=NOC[C@@H](N)CO. The first-order valence-electron chi connectivity index (χ1n) is 3.16. The van der Waals surface area contributed by atoms with Crippen molar-refractivity contribution < 1.29 is 9.94 Å². The highest BCUT2D eigenvalue weighted by molar-refractivity contribution is 5.78. The summed E-state index contributed by atoms with van der Waals surface area (Å²) in [5, 5.41) is 12.1. The van der Waals surface area contributed by atoms with Crippen LogP contribution in [0.25, 0.3) is 0 Å². The number of rotatable bonds is 4. The van der Waals surface area contributed by atoms with E-state index < -0.39 is 0 Å². The Hall–Kier alpha value is -0.610. The molecule has 0 saturated heterocycles. The highest BCUT2D eigenvalue weighted by Gasteiger charge is 1.98. The van der Waals surface area contributed by atoms with E-state index in [-0.39, 0.29) is 19.3 Å². The molecule has 0 aromatic rings. The van der Waals surface area contributed by atoms with Gasteiger partial charge in [-0.2, -0.15) is 0 Å². The van der Waals surface area contributed by atoms with Crippen molar-refractivity contribution in [1.82, 2.24) is 0 Å². The third-order valence-corrected chi connectivity index (χ3v) is 0.770. The van der Waals surface area contributed by atoms with E-state index in [2.05, 4.69) is 5.16 Å². The van der Waals surface area contributed by atoms with E-state index >= 15 is 0 Å². The number of hydrogen-bond donors (Lipinski definition) is 2. The summed E-state index contributed by atoms with van der Waals surface area (Å²) >= 11 is 0. The van der Waals surface area contributed by atoms with Gasteiger partial charge in [-0.1, -0.05) is 5.16 Å². The van der Waals surface area contributed by atoms with E-state index in [4.69, 9.17) is 15.7 Å². The normalized spacial score (nSPS) is 12.4. The molecule has 0 aromatic carbocycles. The van der Waals surface area contributed by atoms with Crippen LogP contribution in [0.3, 0.4) is 0 Å². The summed E-state index contributed by atoms with van der Waals surface area (Å²) in [4.78, 5) is 4.75. The first-order valence-corrected chi connectivity index (χ1v) is 3.16. The van der Waals surface area contributed by atoms with Crippen LogP contribution in [0.4, 0.5) is 0 Å². The number of oxime groups is 1. The molecule has 0 bridgehead atoms. The van der Waals surface area contributed by atoms with Gasteiger partial charge in [0.1, 0.15) is 6.61 Å². The van der Waals surface area contributed by atoms with E-state index in [9.17, 15) is 0 Å². The van der Waals surface area contributed by atoms with Crippen molar-refractivity contribution in [2.24, 2.45) is 10.9 Å². The molecule has 1 atom stereocenters. The second kappa shape index (κ2) is 5.20. The standard InChI is InChI=1S/C6H14N2O2/c1-5(2)8-10-4-6(7)3-9/h6,9H,3-4,7H2,1-2H3/t6-/m0/s1. The molecule has 0 saturated carbocycles. The molecule has 10 heavy (non-hydrogen) atoms. The zero-order chi connectivity index (χ0) is 7.98. The molecule has 0 heterocycles. The highest BCUT2D eigenvalue weighted by atomic mass is 16.6. The topological polar surface area (TPSA) is 67.8 Å². The average Bonchev–Trinajstić information content (AvgIpc) is 1.87. The Balaban J connectivity index is 3.28. The van der Waals surface area contributed by atoms with E-state index in [0.717, 1.165) is 5.71 Å². The van der Waals surface area contributed by atoms with Gasteiger partial charge < -0.3 is 15.7 Å². The van der Waals surface area contributed by atoms with Crippen LogP contribution in [0.2, 0.25) is 0 Å². The lowest BCUT2D eigenvalue weighted by molar-refractivity contribution is 0.108.